The van der Waals surface area contributed by atoms with Crippen LogP contribution >= 0.6 is 0 Å². The number of hydrogen-bond donors (Lipinski definition) is 1. The van der Waals surface area contributed by atoms with E-state index in [0.29, 0.717) is 0 Å². The van der Waals surface area contributed by atoms with Crippen LogP contribution in [0.2, 0.25) is 0 Å². The van der Waals surface area contributed by atoms with Crippen molar-refractivity contribution in [3.63, 3.8) is 0 Å². The predicted octanol–water partition coefficient (Wildman–Crippen LogP) is 6.80. The molecule has 0 aromatic heterocycles. The fourth-order valence-electron chi connectivity index (χ4n) is 2.95. The molecule has 0 fully saturated rings. The van der Waals surface area contributed by atoms with E-state index in [4.69, 9.17) is 5.73 Å². The lowest BCUT2D eigenvalue weighted by Crippen LogP contribution is -1.98. The summed E-state index contributed by atoms with van der Waals surface area (Å²) in [6.07, 6.45) is 26.5. The second-order valence-corrected chi connectivity index (χ2v) is 6.62. The Balaban J connectivity index is 2.90. The van der Waals surface area contributed by atoms with Crippen molar-refractivity contribution in [2.45, 2.75) is 116 Å². The molecule has 0 atom stereocenters. The van der Waals surface area contributed by atoms with E-state index in [9.17, 15) is 0 Å². The molecule has 2 N–H and O–H groups in total. The van der Waals surface area contributed by atoms with Crippen LogP contribution in [0.3, 0.4) is 0 Å². The molecular weight excluding hydrogens is 254 g/mol. The number of unbranched alkanes of at least 4 members (excludes halogenated alkanes) is 17. The van der Waals surface area contributed by atoms with Crippen LogP contribution in [0.25, 0.3) is 0 Å². The van der Waals surface area contributed by atoms with Gasteiger partial charge in [0.15, 0.2) is 0 Å². The molecule has 0 amide bonds. The van der Waals surface area contributed by atoms with Crippen LogP contribution in [-0.4, -0.2) is 6.54 Å². The van der Waals surface area contributed by atoms with Crippen molar-refractivity contribution in [1.29, 1.82) is 0 Å². The van der Waals surface area contributed by atoms with E-state index in [-0.39, 0.29) is 0 Å². The third-order valence-electron chi connectivity index (χ3n) is 4.43. The van der Waals surface area contributed by atoms with Gasteiger partial charge in [0.2, 0.25) is 0 Å². The van der Waals surface area contributed by atoms with Gasteiger partial charge in [0, 0.05) is 0 Å². The first-order chi connectivity index (χ1) is 10.4. The largest absolute Gasteiger partial charge is 0.330 e. The summed E-state index contributed by atoms with van der Waals surface area (Å²) in [4.78, 5) is 0. The summed E-state index contributed by atoms with van der Waals surface area (Å²) in [6.45, 7) is 3.04. The van der Waals surface area contributed by atoms with Gasteiger partial charge in [-0.15, -0.1) is 0 Å². The highest BCUT2D eigenvalue weighted by Crippen LogP contribution is 2.14. The van der Waals surface area contributed by atoms with Crippen molar-refractivity contribution >= 4 is 0 Å². The highest BCUT2D eigenvalue weighted by atomic mass is 14.5. The van der Waals surface area contributed by atoms with Crippen LogP contribution in [0, 0.1) is 6.42 Å². The van der Waals surface area contributed by atoms with E-state index in [1.807, 2.05) is 0 Å². The molecule has 0 bridgehead atoms. The van der Waals surface area contributed by atoms with E-state index in [0.717, 1.165) is 6.54 Å². The van der Waals surface area contributed by atoms with Gasteiger partial charge in [0.1, 0.15) is 0 Å². The fraction of sp³-hybridized carbons (Fsp3) is 0.950. The first-order valence-electron chi connectivity index (χ1n) is 9.93. The van der Waals surface area contributed by atoms with Crippen LogP contribution in [0.15, 0.2) is 0 Å². The maximum absolute atomic E-state index is 5.44. The molecule has 1 heteroatoms. The Bertz CT molecular complexity index is 149. The smallest absolute Gasteiger partial charge is 0.00457 e. The quantitative estimate of drug-likeness (QED) is 0.276. The lowest BCUT2D eigenvalue weighted by Gasteiger charge is -2.03. The molecule has 21 heavy (non-hydrogen) atoms. The fourth-order valence-corrected chi connectivity index (χ4v) is 2.95. The Morgan fingerprint density at radius 3 is 1.19 bits per heavy atom. The van der Waals surface area contributed by atoms with Crippen molar-refractivity contribution in [1.82, 2.24) is 0 Å². The molecule has 1 radical (unpaired) electrons. The van der Waals surface area contributed by atoms with E-state index < -0.39 is 0 Å². The first kappa shape index (κ1) is 21.0. The summed E-state index contributed by atoms with van der Waals surface area (Å²) in [7, 11) is 0. The molecule has 1 nitrogen and oxygen atoms in total. The Morgan fingerprint density at radius 2 is 0.857 bits per heavy atom. The lowest BCUT2D eigenvalue weighted by atomic mass is 10.0. The van der Waals surface area contributed by atoms with Crippen LogP contribution in [0.5, 0.6) is 0 Å². The van der Waals surface area contributed by atoms with Gasteiger partial charge in [-0.3, -0.25) is 0 Å². The third kappa shape index (κ3) is 20.0. The Kier molecular flexibility index (Phi) is 19.9. The van der Waals surface area contributed by atoms with Crippen molar-refractivity contribution in [2.24, 2.45) is 5.73 Å². The summed E-state index contributed by atoms with van der Waals surface area (Å²) in [5.74, 6) is 0. The van der Waals surface area contributed by atoms with E-state index in [2.05, 4.69) is 13.3 Å². The number of nitrogens with two attached hydrogens (primary N) is 1. The second-order valence-electron chi connectivity index (χ2n) is 6.62. The standard InChI is InChI=1S/C20H42N/c1-2-3-4-5-6-7-8-9-10-11-12-13-14-15-16-17-18-19-20-21/h19H,2-18,20-21H2,1H3. The normalized spacial score (nSPS) is 11.1. The SMILES string of the molecule is CCCCCCCCCCCCCCCCCC[CH]CN. The third-order valence-corrected chi connectivity index (χ3v) is 4.43. The summed E-state index contributed by atoms with van der Waals surface area (Å²) in [6, 6.07) is 0. The highest BCUT2D eigenvalue weighted by molar-refractivity contribution is 4.64. The maximum Gasteiger partial charge on any atom is -0.00457 e. The zero-order chi connectivity index (χ0) is 15.4. The summed E-state index contributed by atoms with van der Waals surface area (Å²) in [5, 5.41) is 0. The molecule has 127 valence electrons. The minimum atomic E-state index is 0.749. The summed E-state index contributed by atoms with van der Waals surface area (Å²) >= 11 is 0. The average Bonchev–Trinajstić information content (AvgIpc) is 2.50. The number of rotatable bonds is 18. The van der Waals surface area contributed by atoms with Gasteiger partial charge in [-0.1, -0.05) is 110 Å². The Morgan fingerprint density at radius 1 is 0.524 bits per heavy atom. The van der Waals surface area contributed by atoms with Crippen LogP contribution < -0.4 is 5.73 Å². The lowest BCUT2D eigenvalue weighted by molar-refractivity contribution is 0.529. The van der Waals surface area contributed by atoms with Gasteiger partial charge < -0.3 is 5.73 Å². The van der Waals surface area contributed by atoms with Gasteiger partial charge in [-0.25, -0.2) is 0 Å². The number of hydrogen-bond acceptors (Lipinski definition) is 1. The predicted molar refractivity (Wildman–Crippen MR) is 97.5 cm³/mol. The van der Waals surface area contributed by atoms with E-state index in [1.165, 1.54) is 109 Å². The molecular formula is C20H42N. The van der Waals surface area contributed by atoms with Crippen LogP contribution in [0.1, 0.15) is 116 Å². The molecule has 0 unspecified atom stereocenters. The van der Waals surface area contributed by atoms with Gasteiger partial charge in [-0.2, -0.15) is 0 Å². The van der Waals surface area contributed by atoms with Gasteiger partial charge in [0.25, 0.3) is 0 Å². The Labute approximate surface area is 135 Å². The monoisotopic (exact) mass is 296 g/mol. The van der Waals surface area contributed by atoms with Gasteiger partial charge in [0.05, 0.1) is 0 Å². The first-order valence-corrected chi connectivity index (χ1v) is 9.93. The molecule has 0 spiro atoms. The maximum atomic E-state index is 5.44. The average molecular weight is 297 g/mol. The zero-order valence-electron chi connectivity index (χ0n) is 14.9. The highest BCUT2D eigenvalue weighted by Gasteiger charge is 1.94. The van der Waals surface area contributed by atoms with Crippen LogP contribution in [-0.2, 0) is 0 Å². The zero-order valence-corrected chi connectivity index (χ0v) is 14.9. The molecule has 0 heterocycles. The van der Waals surface area contributed by atoms with Crippen molar-refractivity contribution in [3.05, 3.63) is 6.42 Å². The topological polar surface area (TPSA) is 26.0 Å². The molecule has 0 aliphatic rings. The molecule has 0 aliphatic heterocycles. The van der Waals surface area contributed by atoms with Crippen LogP contribution in [0.4, 0.5) is 0 Å². The molecule has 0 saturated carbocycles. The minimum Gasteiger partial charge on any atom is -0.330 e. The van der Waals surface area contributed by atoms with Crippen molar-refractivity contribution in [2.75, 3.05) is 6.54 Å². The van der Waals surface area contributed by atoms with E-state index >= 15 is 0 Å². The molecule has 0 rings (SSSR count). The molecule has 0 saturated heterocycles. The Hall–Kier alpha value is -0.0400. The molecule has 0 aromatic rings. The minimum absolute atomic E-state index is 0.749. The summed E-state index contributed by atoms with van der Waals surface area (Å²) < 4.78 is 0. The van der Waals surface area contributed by atoms with Crippen molar-refractivity contribution in [3.8, 4) is 0 Å². The van der Waals surface area contributed by atoms with Gasteiger partial charge in [-0.05, 0) is 19.4 Å². The summed E-state index contributed by atoms with van der Waals surface area (Å²) in [5.41, 5.74) is 5.44. The van der Waals surface area contributed by atoms with Crippen molar-refractivity contribution < 1.29 is 0 Å². The second kappa shape index (κ2) is 20.0. The van der Waals surface area contributed by atoms with Gasteiger partial charge >= 0.3 is 0 Å². The molecule has 0 aromatic carbocycles. The molecule has 0 aliphatic carbocycles. The van der Waals surface area contributed by atoms with E-state index in [1.54, 1.807) is 0 Å².